The van der Waals surface area contributed by atoms with Gasteiger partial charge in [0.25, 0.3) is 5.91 Å². The average molecular weight is 387 g/mol. The molecule has 2 aromatic heterocycles. The number of pyridine rings is 1. The summed E-state index contributed by atoms with van der Waals surface area (Å²) in [6.45, 7) is 0. The molecular formula is C22H21N5O2. The van der Waals surface area contributed by atoms with Crippen LogP contribution in [0.15, 0.2) is 59.2 Å². The van der Waals surface area contributed by atoms with Gasteiger partial charge in [0.05, 0.1) is 5.52 Å². The van der Waals surface area contributed by atoms with Gasteiger partial charge in [-0.15, -0.1) is 0 Å². The van der Waals surface area contributed by atoms with Crippen LogP contribution in [-0.4, -0.2) is 33.3 Å². The lowest BCUT2D eigenvalue weighted by atomic mass is 9.91. The van der Waals surface area contributed by atoms with Crippen LogP contribution in [-0.2, 0) is 0 Å². The van der Waals surface area contributed by atoms with Gasteiger partial charge >= 0.3 is 0 Å². The van der Waals surface area contributed by atoms with Crippen LogP contribution in [0.1, 0.15) is 36.0 Å². The molecule has 0 radical (unpaired) electrons. The number of hydrogen-bond acceptors (Lipinski definition) is 6. The minimum absolute atomic E-state index is 0.0810. The first-order valence-electron chi connectivity index (χ1n) is 9.90. The quantitative estimate of drug-likeness (QED) is 0.551. The van der Waals surface area contributed by atoms with Crippen molar-refractivity contribution in [3.63, 3.8) is 0 Å². The van der Waals surface area contributed by atoms with Crippen LogP contribution in [0.25, 0.3) is 21.9 Å². The summed E-state index contributed by atoms with van der Waals surface area (Å²) in [5, 5.41) is 15.4. The number of benzene rings is 2. The van der Waals surface area contributed by atoms with E-state index in [1.54, 1.807) is 18.2 Å². The van der Waals surface area contributed by atoms with E-state index in [1.165, 1.54) is 0 Å². The highest BCUT2D eigenvalue weighted by Gasteiger charge is 2.23. The van der Waals surface area contributed by atoms with E-state index in [-0.39, 0.29) is 11.9 Å². The Morgan fingerprint density at radius 3 is 2.55 bits per heavy atom. The summed E-state index contributed by atoms with van der Waals surface area (Å²) in [5.41, 5.74) is 2.82. The Morgan fingerprint density at radius 1 is 0.862 bits per heavy atom. The Kier molecular flexibility index (Phi) is 4.56. The van der Waals surface area contributed by atoms with E-state index in [4.69, 9.17) is 9.61 Å². The third-order valence-corrected chi connectivity index (χ3v) is 5.53. The number of carbonyl (C=O) groups excluding carboxylic acids is 1. The SMILES string of the molecule is O=C(NC1CCC(Nc2ccc3ccccc3n2)CC1)c1ccc2nonc2c1. The molecule has 5 rings (SSSR count). The number of nitrogens with zero attached hydrogens (tertiary/aromatic N) is 3. The first-order valence-corrected chi connectivity index (χ1v) is 9.90. The molecule has 1 saturated carbocycles. The number of nitrogens with one attached hydrogen (secondary N) is 2. The summed E-state index contributed by atoms with van der Waals surface area (Å²) in [4.78, 5) is 17.3. The van der Waals surface area contributed by atoms with Gasteiger partial charge < -0.3 is 10.6 Å². The number of carbonyl (C=O) groups is 1. The molecule has 1 aliphatic carbocycles. The molecule has 4 aromatic rings. The van der Waals surface area contributed by atoms with Crippen molar-refractivity contribution in [2.24, 2.45) is 0 Å². The highest BCUT2D eigenvalue weighted by molar-refractivity contribution is 5.97. The van der Waals surface area contributed by atoms with E-state index in [0.717, 1.165) is 42.4 Å². The first-order chi connectivity index (χ1) is 14.2. The van der Waals surface area contributed by atoms with Crippen LogP contribution in [0.3, 0.4) is 0 Å². The Labute approximate surface area is 167 Å². The molecule has 0 bridgehead atoms. The molecule has 7 heteroatoms. The van der Waals surface area contributed by atoms with Crippen LogP contribution in [0.5, 0.6) is 0 Å². The normalized spacial score (nSPS) is 19.3. The number of hydrogen-bond donors (Lipinski definition) is 2. The predicted molar refractivity (Wildman–Crippen MR) is 111 cm³/mol. The maximum Gasteiger partial charge on any atom is 0.251 e. The number of para-hydroxylation sites is 1. The molecule has 7 nitrogen and oxygen atoms in total. The number of aromatic nitrogens is 3. The van der Waals surface area contributed by atoms with E-state index >= 15 is 0 Å². The monoisotopic (exact) mass is 387 g/mol. The lowest BCUT2D eigenvalue weighted by molar-refractivity contribution is 0.0926. The molecule has 0 spiro atoms. The van der Waals surface area contributed by atoms with E-state index < -0.39 is 0 Å². The lowest BCUT2D eigenvalue weighted by Crippen LogP contribution is -2.40. The molecule has 0 atom stereocenters. The van der Waals surface area contributed by atoms with Crippen LogP contribution in [0.4, 0.5) is 5.82 Å². The zero-order chi connectivity index (χ0) is 19.6. The highest BCUT2D eigenvalue weighted by atomic mass is 16.6. The summed E-state index contributed by atoms with van der Waals surface area (Å²) < 4.78 is 4.69. The van der Waals surface area contributed by atoms with E-state index in [9.17, 15) is 4.79 Å². The van der Waals surface area contributed by atoms with Crippen LogP contribution in [0, 0.1) is 0 Å². The third-order valence-electron chi connectivity index (χ3n) is 5.53. The topological polar surface area (TPSA) is 92.9 Å². The largest absolute Gasteiger partial charge is 0.367 e. The molecule has 0 aliphatic heterocycles. The van der Waals surface area contributed by atoms with Crippen molar-refractivity contribution in [3.8, 4) is 0 Å². The van der Waals surface area contributed by atoms with Crippen molar-refractivity contribution in [3.05, 3.63) is 60.2 Å². The number of anilines is 1. The highest BCUT2D eigenvalue weighted by Crippen LogP contribution is 2.23. The molecule has 0 saturated heterocycles. The predicted octanol–water partition coefficient (Wildman–Crippen LogP) is 3.92. The van der Waals surface area contributed by atoms with Gasteiger partial charge in [0, 0.05) is 23.0 Å². The molecule has 2 aromatic carbocycles. The fraction of sp³-hybridized carbons (Fsp3) is 0.273. The smallest absolute Gasteiger partial charge is 0.251 e. The first kappa shape index (κ1) is 17.6. The second-order valence-corrected chi connectivity index (χ2v) is 7.52. The molecule has 146 valence electrons. The number of fused-ring (bicyclic) bond motifs is 2. The zero-order valence-corrected chi connectivity index (χ0v) is 15.8. The fourth-order valence-electron chi connectivity index (χ4n) is 3.93. The summed E-state index contributed by atoms with van der Waals surface area (Å²) in [6, 6.07) is 18.0. The van der Waals surface area contributed by atoms with Crippen LogP contribution >= 0.6 is 0 Å². The second-order valence-electron chi connectivity index (χ2n) is 7.52. The van der Waals surface area contributed by atoms with E-state index in [0.29, 0.717) is 22.6 Å². The van der Waals surface area contributed by atoms with Gasteiger partial charge in [-0.2, -0.15) is 0 Å². The average Bonchev–Trinajstić information content (AvgIpc) is 3.23. The number of amides is 1. The van der Waals surface area contributed by atoms with Crippen molar-refractivity contribution >= 4 is 33.7 Å². The van der Waals surface area contributed by atoms with E-state index in [2.05, 4.69) is 33.1 Å². The third kappa shape index (κ3) is 3.76. The molecule has 2 heterocycles. The van der Waals surface area contributed by atoms with Gasteiger partial charge in [0.15, 0.2) is 0 Å². The van der Waals surface area contributed by atoms with Gasteiger partial charge in [-0.05, 0) is 72.4 Å². The van der Waals surface area contributed by atoms with Crippen molar-refractivity contribution in [1.82, 2.24) is 20.6 Å². The molecule has 1 aliphatic rings. The maximum absolute atomic E-state index is 12.6. The fourth-order valence-corrected chi connectivity index (χ4v) is 3.93. The van der Waals surface area contributed by atoms with Gasteiger partial charge in [0.2, 0.25) is 0 Å². The van der Waals surface area contributed by atoms with Gasteiger partial charge in [-0.25, -0.2) is 9.61 Å². The summed E-state index contributed by atoms with van der Waals surface area (Å²) in [7, 11) is 0. The minimum Gasteiger partial charge on any atom is -0.367 e. The second kappa shape index (κ2) is 7.50. The Bertz CT molecular complexity index is 1160. The molecule has 1 fully saturated rings. The van der Waals surface area contributed by atoms with Crippen molar-refractivity contribution in [1.29, 1.82) is 0 Å². The molecule has 1 amide bonds. The maximum atomic E-state index is 12.6. The lowest BCUT2D eigenvalue weighted by Gasteiger charge is -2.30. The molecule has 2 N–H and O–H groups in total. The van der Waals surface area contributed by atoms with Gasteiger partial charge in [-0.3, -0.25) is 4.79 Å². The molecule has 29 heavy (non-hydrogen) atoms. The van der Waals surface area contributed by atoms with Crippen molar-refractivity contribution in [2.45, 2.75) is 37.8 Å². The van der Waals surface area contributed by atoms with Gasteiger partial charge in [-0.1, -0.05) is 18.2 Å². The Hall–Kier alpha value is -3.48. The number of rotatable bonds is 4. The Balaban J connectivity index is 1.17. The van der Waals surface area contributed by atoms with Gasteiger partial charge in [0.1, 0.15) is 16.9 Å². The standard InChI is InChI=1S/C22H21N5O2/c28-22(15-5-11-19-20(13-15)27-29-26-19)24-17-9-7-16(8-10-17)23-21-12-6-14-3-1-2-4-18(14)25-21/h1-6,11-13,16-17H,7-10H2,(H,23,25)(H,24,28). The van der Waals surface area contributed by atoms with Crippen molar-refractivity contribution in [2.75, 3.05) is 5.32 Å². The van der Waals surface area contributed by atoms with Crippen LogP contribution < -0.4 is 10.6 Å². The minimum atomic E-state index is -0.0810. The van der Waals surface area contributed by atoms with Crippen molar-refractivity contribution < 1.29 is 9.42 Å². The van der Waals surface area contributed by atoms with E-state index in [1.807, 2.05) is 24.3 Å². The summed E-state index contributed by atoms with van der Waals surface area (Å²) >= 11 is 0. The summed E-state index contributed by atoms with van der Waals surface area (Å²) in [6.07, 6.45) is 3.85. The Morgan fingerprint density at radius 2 is 1.66 bits per heavy atom. The zero-order valence-electron chi connectivity index (χ0n) is 15.8. The van der Waals surface area contributed by atoms with Crippen LogP contribution in [0.2, 0.25) is 0 Å². The molecular weight excluding hydrogens is 366 g/mol. The molecule has 0 unspecified atom stereocenters. The summed E-state index contributed by atoms with van der Waals surface area (Å²) in [5.74, 6) is 0.827.